The van der Waals surface area contributed by atoms with Crippen molar-refractivity contribution in [3.05, 3.63) is 24.0 Å². The van der Waals surface area contributed by atoms with Gasteiger partial charge >= 0.3 is 5.97 Å². The molecule has 3 aliphatic heterocycles. The zero-order valence-corrected chi connectivity index (χ0v) is 41.2. The van der Waals surface area contributed by atoms with Crippen molar-refractivity contribution in [2.75, 3.05) is 33.8 Å². The maximum atomic E-state index is 13.7. The number of carbonyl (C=O) groups excluding carboxylic acids is 1. The number of rotatable bonds is 22. The summed E-state index contributed by atoms with van der Waals surface area (Å²) in [4.78, 5) is 22.6. The largest absolute Gasteiger partial charge is 0.471 e. The number of esters is 1. The monoisotopic (exact) mass is 913 g/mol. The highest BCUT2D eigenvalue weighted by Gasteiger charge is 2.51. The summed E-state index contributed by atoms with van der Waals surface area (Å²) in [5.41, 5.74) is -3.67. The van der Waals surface area contributed by atoms with Gasteiger partial charge in [0.1, 0.15) is 30.0 Å². The number of aliphatic imine (C=N–C) groups is 1. The molecule has 6 N–H and O–H groups in total. The second-order valence-corrected chi connectivity index (χ2v) is 20.6. The molecule has 0 saturated carbocycles. The first-order valence-electron chi connectivity index (χ1n) is 23.4. The molecule has 1 aromatic rings. The van der Waals surface area contributed by atoms with Gasteiger partial charge in [-0.05, 0) is 114 Å². The highest BCUT2D eigenvalue weighted by Crippen LogP contribution is 2.39. The van der Waals surface area contributed by atoms with Gasteiger partial charge in [0.15, 0.2) is 12.6 Å². The van der Waals surface area contributed by atoms with Crippen LogP contribution in [-0.4, -0.2) is 187 Å². The predicted octanol–water partition coefficient (Wildman–Crippen LogP) is 2.83. The van der Waals surface area contributed by atoms with Gasteiger partial charge < -0.3 is 68.5 Å². The van der Waals surface area contributed by atoms with E-state index >= 15 is 0 Å². The van der Waals surface area contributed by atoms with Crippen LogP contribution in [0.4, 0.5) is 0 Å². The molecule has 0 bridgehead atoms. The molecule has 8 unspecified atom stereocenters. The zero-order valence-electron chi connectivity index (χ0n) is 41.2. The van der Waals surface area contributed by atoms with Crippen LogP contribution in [0.1, 0.15) is 114 Å². The van der Waals surface area contributed by atoms with Crippen LogP contribution in [0.15, 0.2) is 23.3 Å². The third-order valence-electron chi connectivity index (χ3n) is 13.7. The zero-order chi connectivity index (χ0) is 48.2. The number of aryl methyl sites for hydroxylation is 1. The van der Waals surface area contributed by atoms with E-state index in [2.05, 4.69) is 4.90 Å². The summed E-state index contributed by atoms with van der Waals surface area (Å²) in [5.74, 6) is -1.89. The Morgan fingerprint density at radius 2 is 1.72 bits per heavy atom. The van der Waals surface area contributed by atoms with E-state index in [-0.39, 0.29) is 43.6 Å². The van der Waals surface area contributed by atoms with Gasteiger partial charge in [0, 0.05) is 50.8 Å². The Morgan fingerprint density at radius 1 is 1.06 bits per heavy atom. The smallest absolute Gasteiger partial charge is 0.311 e. The Morgan fingerprint density at radius 3 is 2.30 bits per heavy atom. The van der Waals surface area contributed by atoms with E-state index in [1.165, 1.54) is 6.92 Å². The molecule has 0 amide bonds. The lowest BCUT2D eigenvalue weighted by Crippen LogP contribution is -2.61. The molecule has 0 spiro atoms. The number of nitrogens with zero attached hydrogens (tertiary/aromatic N) is 4. The lowest BCUT2D eigenvalue weighted by molar-refractivity contribution is -0.316. The van der Waals surface area contributed by atoms with Gasteiger partial charge in [-0.3, -0.25) is 9.69 Å². The van der Waals surface area contributed by atoms with Crippen molar-refractivity contribution in [3.63, 3.8) is 0 Å². The molecule has 1 aromatic heterocycles. The number of likely N-dealkylation sites (N-methyl/N-ethyl adjacent to an activating group) is 2. The molecule has 0 aromatic carbocycles. The van der Waals surface area contributed by atoms with Crippen LogP contribution in [-0.2, 0) is 40.3 Å². The number of aliphatic hydroxyl groups excluding tert-OH is 3. The molecule has 64 heavy (non-hydrogen) atoms. The van der Waals surface area contributed by atoms with E-state index in [1.54, 1.807) is 41.5 Å². The topological polar surface area (TPSA) is 218 Å². The first-order valence-corrected chi connectivity index (χ1v) is 23.4. The highest BCUT2D eigenvalue weighted by atomic mass is 16.7. The Bertz CT molecular complexity index is 1650. The standard InChI is InChI=1S/C47H84N4O13/c1-16-20-59-43(55)29(5)38(63-36-23-46(11,57)40(54)32(8)61-36)28(4)41(47(12,58)22-26(2)24-50(14)30(6)39(53)45(9,10)56)64-44-37(52)35(21-27(3)60-44)51(15)25-33-31(7)62-42(48-33)34-18-17-19-49(34)13/h17-19,26-33,35-41,44,52-54,56-58H,16,20-25H2,1-15H3/t26-,27?,28?,29?,30-,31-,32?,33+,35?,36+,37-,38?,39-,40?,41-,44?,46-,47+/m1/s1. The second-order valence-electron chi connectivity index (χ2n) is 20.6. The summed E-state index contributed by atoms with van der Waals surface area (Å²) in [5, 5.41) is 68.3. The normalized spacial score (nSPS) is 33.4. The molecule has 2 saturated heterocycles. The lowest BCUT2D eigenvalue weighted by Gasteiger charge is -2.48. The molecule has 4 heterocycles. The fraction of sp³-hybridized carbons (Fsp3) is 0.872. The lowest BCUT2D eigenvalue weighted by atomic mass is 9.77. The highest BCUT2D eigenvalue weighted by molar-refractivity contribution is 5.94. The molecule has 0 aliphatic carbocycles. The molecule has 2 fully saturated rings. The van der Waals surface area contributed by atoms with E-state index in [0.717, 1.165) is 5.69 Å². The SMILES string of the molecule is CCCOC(=O)C(C)C(O[C@H]1C[C@@](C)(O)C(O)C(C)O1)C(C)[C@@H](OC1OC(C)CC(N(C)C[C@@H]2N=C(c3cccn3C)O[C@@H]2C)[C@H]1O)[C@@](C)(O)C[C@@H](C)CN(C)[C@H](C)[C@@H](O)C(C)(C)O. The minimum absolute atomic E-state index is 0.101. The molecular formula is C47H84N4O13. The Kier molecular flexibility index (Phi) is 18.9. The van der Waals surface area contributed by atoms with Crippen LogP contribution in [0.25, 0.3) is 0 Å². The quantitative estimate of drug-likeness (QED) is 0.0923. The number of hydrogen-bond acceptors (Lipinski definition) is 16. The molecule has 370 valence electrons. The van der Waals surface area contributed by atoms with Crippen molar-refractivity contribution in [1.82, 2.24) is 14.4 Å². The van der Waals surface area contributed by atoms with Crippen LogP contribution < -0.4 is 0 Å². The second kappa shape index (κ2) is 22.2. The van der Waals surface area contributed by atoms with E-state index in [9.17, 15) is 35.4 Å². The first kappa shape index (κ1) is 54.3. The van der Waals surface area contributed by atoms with Gasteiger partial charge in [-0.1, -0.05) is 20.8 Å². The van der Waals surface area contributed by atoms with Gasteiger partial charge in [0.2, 0.25) is 5.90 Å². The molecule has 18 atom stereocenters. The van der Waals surface area contributed by atoms with Crippen molar-refractivity contribution in [2.24, 2.45) is 29.8 Å². The first-order chi connectivity index (χ1) is 29.6. The van der Waals surface area contributed by atoms with Crippen molar-refractivity contribution >= 4 is 11.9 Å². The minimum Gasteiger partial charge on any atom is -0.471 e. The van der Waals surface area contributed by atoms with Crippen LogP contribution in [0, 0.1) is 17.8 Å². The number of hydrogen-bond donors (Lipinski definition) is 6. The van der Waals surface area contributed by atoms with Gasteiger partial charge in [0.05, 0.1) is 59.8 Å². The van der Waals surface area contributed by atoms with Crippen LogP contribution >= 0.6 is 0 Å². The fourth-order valence-electron chi connectivity index (χ4n) is 9.82. The van der Waals surface area contributed by atoms with Crippen molar-refractivity contribution in [2.45, 2.75) is 205 Å². The van der Waals surface area contributed by atoms with Crippen molar-refractivity contribution in [1.29, 1.82) is 0 Å². The molecular weight excluding hydrogens is 829 g/mol. The average Bonchev–Trinajstić information content (AvgIpc) is 3.79. The van der Waals surface area contributed by atoms with Crippen LogP contribution in [0.3, 0.4) is 0 Å². The van der Waals surface area contributed by atoms with Crippen molar-refractivity contribution in [3.8, 4) is 0 Å². The van der Waals surface area contributed by atoms with Gasteiger partial charge in [-0.2, -0.15) is 0 Å². The average molecular weight is 913 g/mol. The molecule has 4 rings (SSSR count). The molecule has 0 radical (unpaired) electrons. The van der Waals surface area contributed by atoms with Gasteiger partial charge in [0.25, 0.3) is 0 Å². The Balaban J connectivity index is 1.68. The maximum absolute atomic E-state index is 13.7. The van der Waals surface area contributed by atoms with E-state index in [4.69, 9.17) is 33.4 Å². The summed E-state index contributed by atoms with van der Waals surface area (Å²) in [7, 11) is 5.72. The maximum Gasteiger partial charge on any atom is 0.311 e. The van der Waals surface area contributed by atoms with Gasteiger partial charge in [-0.15, -0.1) is 0 Å². The predicted molar refractivity (Wildman–Crippen MR) is 241 cm³/mol. The van der Waals surface area contributed by atoms with E-state index in [1.807, 2.05) is 83.6 Å². The number of aromatic nitrogens is 1. The summed E-state index contributed by atoms with van der Waals surface area (Å²) >= 11 is 0. The van der Waals surface area contributed by atoms with E-state index in [0.29, 0.717) is 31.8 Å². The summed E-state index contributed by atoms with van der Waals surface area (Å²) < 4.78 is 39.8. The third-order valence-corrected chi connectivity index (χ3v) is 13.7. The fourth-order valence-corrected chi connectivity index (χ4v) is 9.82. The Hall–Kier alpha value is -2.26. The summed E-state index contributed by atoms with van der Waals surface area (Å²) in [6.45, 7) is 22.1. The molecule has 3 aliphatic rings. The van der Waals surface area contributed by atoms with E-state index < -0.39 is 95.9 Å². The Labute approximate surface area is 382 Å². The van der Waals surface area contributed by atoms with Crippen molar-refractivity contribution < 1.29 is 63.9 Å². The van der Waals surface area contributed by atoms with Crippen LogP contribution in [0.2, 0.25) is 0 Å². The molecule has 17 heteroatoms. The number of ether oxygens (including phenoxy) is 6. The van der Waals surface area contributed by atoms with Gasteiger partial charge in [-0.25, -0.2) is 4.99 Å². The third kappa shape index (κ3) is 13.5. The number of carbonyl (C=O) groups is 1. The van der Waals surface area contributed by atoms with Crippen LogP contribution in [0.5, 0.6) is 0 Å². The molecule has 17 nitrogen and oxygen atoms in total. The summed E-state index contributed by atoms with van der Waals surface area (Å²) in [6, 6.07) is 2.83. The minimum atomic E-state index is -1.65. The summed E-state index contributed by atoms with van der Waals surface area (Å²) in [6.07, 6.45) is -6.13. The number of aliphatic hydroxyl groups is 6.